The Labute approximate surface area is 151 Å². The molecule has 134 valence electrons. The van der Waals surface area contributed by atoms with E-state index in [1.165, 1.54) is 30.3 Å². The smallest absolute Gasteiger partial charge is 0.335 e. The fourth-order valence-electron chi connectivity index (χ4n) is 2.53. The van der Waals surface area contributed by atoms with Crippen LogP contribution >= 0.6 is 0 Å². The van der Waals surface area contributed by atoms with Gasteiger partial charge in [0.05, 0.1) is 16.2 Å². The van der Waals surface area contributed by atoms with E-state index in [1.807, 2.05) is 0 Å². The van der Waals surface area contributed by atoms with Crippen LogP contribution in [0.2, 0.25) is 0 Å². The van der Waals surface area contributed by atoms with Gasteiger partial charge in [0, 0.05) is 11.8 Å². The number of carboxylic acids is 1. The summed E-state index contributed by atoms with van der Waals surface area (Å²) in [5, 5.41) is 14.1. The number of carbonyl (C=O) groups is 1. The first-order valence-electron chi connectivity index (χ1n) is 7.87. The number of oxime groups is 1. The third-order valence-electron chi connectivity index (χ3n) is 4.02. The molecule has 26 heavy (non-hydrogen) atoms. The molecule has 7 heteroatoms. The molecule has 0 spiro atoms. The van der Waals surface area contributed by atoms with Crippen molar-refractivity contribution in [1.82, 2.24) is 0 Å². The van der Waals surface area contributed by atoms with E-state index in [0.717, 1.165) is 11.0 Å². The number of sulfone groups is 1. The molecule has 0 radical (unpaired) electrons. The van der Waals surface area contributed by atoms with E-state index in [9.17, 15) is 13.2 Å². The summed E-state index contributed by atoms with van der Waals surface area (Å²) < 4.78 is 24.7. The molecule has 0 aromatic heterocycles. The zero-order valence-corrected chi connectivity index (χ0v) is 14.8. The number of hydrogen-bond acceptors (Lipinski definition) is 5. The van der Waals surface area contributed by atoms with E-state index < -0.39 is 21.4 Å². The van der Waals surface area contributed by atoms with Crippen LogP contribution in [-0.4, -0.2) is 30.8 Å². The summed E-state index contributed by atoms with van der Waals surface area (Å²) in [6.45, 7) is 1.74. The van der Waals surface area contributed by atoms with Gasteiger partial charge in [-0.1, -0.05) is 35.5 Å². The molecule has 0 amide bonds. The van der Waals surface area contributed by atoms with Gasteiger partial charge in [0.1, 0.15) is 0 Å². The second-order valence-corrected chi connectivity index (χ2v) is 8.00. The highest BCUT2D eigenvalue weighted by molar-refractivity contribution is 7.94. The number of rotatable bonds is 5. The van der Waals surface area contributed by atoms with Crippen LogP contribution in [0.25, 0.3) is 0 Å². The summed E-state index contributed by atoms with van der Waals surface area (Å²) >= 11 is 0. The van der Waals surface area contributed by atoms with Gasteiger partial charge in [-0.2, -0.15) is 0 Å². The Morgan fingerprint density at radius 2 is 1.81 bits per heavy atom. The minimum absolute atomic E-state index is 0.185. The first kappa shape index (κ1) is 17.9. The maximum atomic E-state index is 12.3. The van der Waals surface area contributed by atoms with Gasteiger partial charge in [-0.25, -0.2) is 13.2 Å². The molecular formula is C19H17NO5S. The Bertz CT molecular complexity index is 978. The molecule has 0 saturated heterocycles. The number of carboxylic acid groups (broad SMARTS) is 1. The minimum Gasteiger partial charge on any atom is -0.478 e. The van der Waals surface area contributed by atoms with Crippen molar-refractivity contribution in [3.63, 3.8) is 0 Å². The molecule has 1 unspecified atom stereocenters. The van der Waals surface area contributed by atoms with Crippen molar-refractivity contribution >= 4 is 21.5 Å². The molecule has 0 fully saturated rings. The molecule has 2 aromatic carbocycles. The van der Waals surface area contributed by atoms with Crippen LogP contribution in [0.3, 0.4) is 0 Å². The molecule has 1 N–H and O–H groups in total. The first-order valence-corrected chi connectivity index (χ1v) is 9.42. The van der Waals surface area contributed by atoms with E-state index in [1.54, 1.807) is 37.3 Å². The van der Waals surface area contributed by atoms with Gasteiger partial charge >= 0.3 is 5.97 Å². The van der Waals surface area contributed by atoms with E-state index in [4.69, 9.17) is 9.94 Å². The van der Waals surface area contributed by atoms with Gasteiger partial charge in [-0.05, 0) is 42.8 Å². The summed E-state index contributed by atoms with van der Waals surface area (Å²) in [6, 6.07) is 14.4. The van der Waals surface area contributed by atoms with Crippen molar-refractivity contribution in [2.75, 3.05) is 0 Å². The second-order valence-electron chi connectivity index (χ2n) is 6.16. The van der Waals surface area contributed by atoms with Crippen molar-refractivity contribution in [3.05, 3.63) is 77.2 Å². The predicted octanol–water partition coefficient (Wildman–Crippen LogP) is 3.26. The second kappa shape index (κ2) is 6.76. The monoisotopic (exact) mass is 371 g/mol. The Kier molecular flexibility index (Phi) is 4.65. The van der Waals surface area contributed by atoms with Gasteiger partial charge in [0.2, 0.25) is 0 Å². The summed E-state index contributed by atoms with van der Waals surface area (Å²) in [7, 11) is -3.56. The lowest BCUT2D eigenvalue weighted by Gasteiger charge is -2.16. The van der Waals surface area contributed by atoms with Crippen molar-refractivity contribution in [3.8, 4) is 0 Å². The fourth-order valence-corrected chi connectivity index (χ4v) is 3.69. The van der Waals surface area contributed by atoms with Gasteiger partial charge in [0.15, 0.2) is 15.4 Å². The first-order chi connectivity index (χ1) is 12.3. The van der Waals surface area contributed by atoms with E-state index in [0.29, 0.717) is 12.1 Å². The maximum absolute atomic E-state index is 12.3. The molecular weight excluding hydrogens is 354 g/mol. The van der Waals surface area contributed by atoms with Crippen LogP contribution in [0.15, 0.2) is 76.1 Å². The summed E-state index contributed by atoms with van der Waals surface area (Å²) in [5.41, 5.74) is 0.664. The fraction of sp³-hybridized carbons (Fsp3) is 0.158. The molecule has 1 aliphatic rings. The van der Waals surface area contributed by atoms with Crippen LogP contribution in [-0.2, 0) is 14.7 Å². The van der Waals surface area contributed by atoms with Crippen molar-refractivity contribution in [2.45, 2.75) is 23.8 Å². The average Bonchev–Trinajstić information content (AvgIpc) is 3.04. The third kappa shape index (κ3) is 3.83. The van der Waals surface area contributed by atoms with Gasteiger partial charge in [-0.15, -0.1) is 0 Å². The van der Waals surface area contributed by atoms with Crippen LogP contribution in [0.4, 0.5) is 0 Å². The van der Waals surface area contributed by atoms with Crippen molar-refractivity contribution in [2.24, 2.45) is 5.16 Å². The average molecular weight is 371 g/mol. The molecule has 1 aliphatic heterocycles. The van der Waals surface area contributed by atoms with Crippen LogP contribution in [0, 0.1) is 0 Å². The Morgan fingerprint density at radius 3 is 2.42 bits per heavy atom. The zero-order valence-electron chi connectivity index (χ0n) is 14.0. The van der Waals surface area contributed by atoms with Crippen molar-refractivity contribution < 1.29 is 23.2 Å². The standard InChI is InChI=1S/C19H17NO5S/c1-19(11-12-26(23,24)16-5-3-2-4-6-16)13-17(20-25-19)14-7-9-15(10-8-14)18(21)22/h2-12H,13H2,1H3,(H,21,22)/b12-11+. The molecule has 1 atom stereocenters. The molecule has 3 rings (SSSR count). The topological polar surface area (TPSA) is 93.0 Å². The summed E-state index contributed by atoms with van der Waals surface area (Å²) in [6.07, 6.45) is 1.86. The highest BCUT2D eigenvalue weighted by Gasteiger charge is 2.33. The van der Waals surface area contributed by atoms with Gasteiger partial charge in [-0.3, -0.25) is 0 Å². The quantitative estimate of drug-likeness (QED) is 0.871. The largest absolute Gasteiger partial charge is 0.478 e. The lowest BCUT2D eigenvalue weighted by atomic mass is 9.96. The zero-order chi connectivity index (χ0) is 18.8. The Morgan fingerprint density at radius 1 is 1.15 bits per heavy atom. The maximum Gasteiger partial charge on any atom is 0.335 e. The molecule has 0 aliphatic carbocycles. The minimum atomic E-state index is -3.56. The van der Waals surface area contributed by atoms with Gasteiger partial charge in [0.25, 0.3) is 0 Å². The summed E-state index contributed by atoms with van der Waals surface area (Å²) in [5.74, 6) is -1.000. The number of hydrogen-bond donors (Lipinski definition) is 1. The molecule has 0 bridgehead atoms. The Hall–Kier alpha value is -2.93. The van der Waals surface area contributed by atoms with Crippen LogP contribution < -0.4 is 0 Å². The van der Waals surface area contributed by atoms with E-state index in [-0.39, 0.29) is 10.5 Å². The number of aromatic carboxylic acids is 1. The van der Waals surface area contributed by atoms with Crippen LogP contribution in [0.5, 0.6) is 0 Å². The lowest BCUT2D eigenvalue weighted by molar-refractivity contribution is 0.0364. The summed E-state index contributed by atoms with van der Waals surface area (Å²) in [4.78, 5) is 16.6. The molecule has 6 nitrogen and oxygen atoms in total. The lowest BCUT2D eigenvalue weighted by Crippen LogP contribution is -2.22. The Balaban J connectivity index is 1.74. The van der Waals surface area contributed by atoms with Crippen molar-refractivity contribution in [1.29, 1.82) is 0 Å². The van der Waals surface area contributed by atoms with Crippen LogP contribution in [0.1, 0.15) is 29.3 Å². The molecule has 0 saturated carbocycles. The normalized spacial score (nSPS) is 20.0. The third-order valence-corrected chi connectivity index (χ3v) is 5.44. The highest BCUT2D eigenvalue weighted by Crippen LogP contribution is 2.29. The number of benzene rings is 2. The highest BCUT2D eigenvalue weighted by atomic mass is 32.2. The van der Waals surface area contributed by atoms with Gasteiger partial charge < -0.3 is 9.94 Å². The number of nitrogens with zero attached hydrogens (tertiary/aromatic N) is 1. The van der Waals surface area contributed by atoms with E-state index >= 15 is 0 Å². The molecule has 1 heterocycles. The predicted molar refractivity (Wildman–Crippen MR) is 96.8 cm³/mol. The SMILES string of the molecule is CC1(/C=C/S(=O)(=O)c2ccccc2)CC(c2ccc(C(=O)O)cc2)=NO1. The van der Waals surface area contributed by atoms with E-state index in [2.05, 4.69) is 5.16 Å². The molecule has 2 aromatic rings.